The van der Waals surface area contributed by atoms with Gasteiger partial charge in [-0.05, 0) is 24.0 Å². The van der Waals surface area contributed by atoms with E-state index in [1.165, 1.54) is 5.56 Å². The van der Waals surface area contributed by atoms with Gasteiger partial charge in [0.2, 0.25) is 0 Å². The lowest BCUT2D eigenvalue weighted by molar-refractivity contribution is -0.134. The molecule has 1 atom stereocenters. The number of nitrogens with zero attached hydrogens (tertiary/aromatic N) is 3. The van der Waals surface area contributed by atoms with E-state index in [1.54, 1.807) is 0 Å². The molecule has 1 aliphatic rings. The highest BCUT2D eigenvalue weighted by Gasteiger charge is 2.23. The maximum Gasteiger partial charge on any atom is 0.260 e. The molecule has 128 valence electrons. The van der Waals surface area contributed by atoms with Gasteiger partial charge >= 0.3 is 0 Å². The van der Waals surface area contributed by atoms with Crippen LogP contribution in [0.2, 0.25) is 0 Å². The fraction of sp³-hybridized carbons (Fsp3) is 0.474. The van der Waals surface area contributed by atoms with Gasteiger partial charge < -0.3 is 9.64 Å². The van der Waals surface area contributed by atoms with Gasteiger partial charge in [0.05, 0.1) is 5.69 Å². The number of fused-ring (bicyclic) bond motifs is 1. The summed E-state index contributed by atoms with van der Waals surface area (Å²) in [5, 5.41) is 4.43. The highest BCUT2D eigenvalue weighted by molar-refractivity contribution is 5.78. The Hall–Kier alpha value is -2.30. The number of hydrogen-bond acceptors (Lipinski definition) is 3. The Balaban J connectivity index is 1.63. The van der Waals surface area contributed by atoms with E-state index in [-0.39, 0.29) is 12.5 Å². The maximum atomic E-state index is 12.5. The van der Waals surface area contributed by atoms with Crippen LogP contribution in [-0.2, 0) is 24.8 Å². The first-order valence-corrected chi connectivity index (χ1v) is 8.59. The molecule has 0 radical (unpaired) electrons. The molecule has 5 heteroatoms. The van der Waals surface area contributed by atoms with Gasteiger partial charge in [-0.25, -0.2) is 0 Å². The zero-order valence-corrected chi connectivity index (χ0v) is 14.7. The summed E-state index contributed by atoms with van der Waals surface area (Å²) in [6, 6.07) is 8.00. The minimum atomic E-state index is 0.0310. The van der Waals surface area contributed by atoms with E-state index in [4.69, 9.17) is 4.74 Å². The minimum absolute atomic E-state index is 0.0310. The third-order valence-corrected chi connectivity index (χ3v) is 4.74. The van der Waals surface area contributed by atoms with Gasteiger partial charge in [-0.3, -0.25) is 9.48 Å². The summed E-state index contributed by atoms with van der Waals surface area (Å²) in [5.41, 5.74) is 3.41. The molecule has 0 bridgehead atoms. The number of rotatable bonds is 5. The second-order valence-corrected chi connectivity index (χ2v) is 6.48. The van der Waals surface area contributed by atoms with Crippen LogP contribution >= 0.6 is 0 Å². The molecule has 5 nitrogen and oxygen atoms in total. The van der Waals surface area contributed by atoms with E-state index in [2.05, 4.69) is 25.0 Å². The van der Waals surface area contributed by atoms with Gasteiger partial charge in [0.25, 0.3) is 5.91 Å². The van der Waals surface area contributed by atoms with E-state index in [0.29, 0.717) is 19.0 Å². The number of amides is 1. The van der Waals surface area contributed by atoms with Crippen molar-refractivity contribution < 1.29 is 9.53 Å². The number of hydrogen-bond donors (Lipinski definition) is 0. The molecule has 0 saturated carbocycles. The molecule has 0 N–H and O–H groups in total. The minimum Gasteiger partial charge on any atom is -0.483 e. The third-order valence-electron chi connectivity index (χ3n) is 4.74. The Bertz CT molecular complexity index is 723. The van der Waals surface area contributed by atoms with E-state index in [9.17, 15) is 4.79 Å². The molecular formula is C19H25N3O2. The van der Waals surface area contributed by atoms with E-state index >= 15 is 0 Å². The molecule has 1 aromatic heterocycles. The SMILES string of the molecule is CCC(C)c1ccccc1OCC(=O)N1CCc2nn(C)cc2C1. The zero-order chi connectivity index (χ0) is 17.1. The van der Waals surface area contributed by atoms with Crippen molar-refractivity contribution in [3.05, 3.63) is 47.3 Å². The van der Waals surface area contributed by atoms with Crippen LogP contribution in [0, 0.1) is 0 Å². The summed E-state index contributed by atoms with van der Waals surface area (Å²) in [5.74, 6) is 1.27. The fourth-order valence-corrected chi connectivity index (χ4v) is 3.13. The first-order chi connectivity index (χ1) is 11.6. The molecule has 1 aliphatic heterocycles. The number of benzene rings is 1. The highest BCUT2D eigenvalue weighted by Crippen LogP contribution is 2.28. The summed E-state index contributed by atoms with van der Waals surface area (Å²) >= 11 is 0. The van der Waals surface area contributed by atoms with Crippen molar-refractivity contribution in [1.29, 1.82) is 0 Å². The van der Waals surface area contributed by atoms with Crippen LogP contribution in [0.15, 0.2) is 30.5 Å². The molecular weight excluding hydrogens is 302 g/mol. The molecule has 0 saturated heterocycles. The predicted molar refractivity (Wildman–Crippen MR) is 93.0 cm³/mol. The Kier molecular flexibility index (Phi) is 4.88. The number of aryl methyl sites for hydroxylation is 1. The molecule has 0 fully saturated rings. The van der Waals surface area contributed by atoms with Crippen LogP contribution in [0.1, 0.15) is 43.0 Å². The first-order valence-electron chi connectivity index (χ1n) is 8.59. The molecule has 3 rings (SSSR count). The van der Waals surface area contributed by atoms with Gasteiger partial charge in [-0.2, -0.15) is 5.10 Å². The fourth-order valence-electron chi connectivity index (χ4n) is 3.13. The third kappa shape index (κ3) is 3.45. The molecule has 2 heterocycles. The first kappa shape index (κ1) is 16.6. The summed E-state index contributed by atoms with van der Waals surface area (Å²) in [6.07, 6.45) is 3.85. The van der Waals surface area contributed by atoms with Crippen LogP contribution in [0.3, 0.4) is 0 Å². The van der Waals surface area contributed by atoms with Crippen LogP contribution in [0.4, 0.5) is 0 Å². The normalized spacial score (nSPS) is 15.0. The number of carbonyl (C=O) groups excluding carboxylic acids is 1. The van der Waals surface area contributed by atoms with E-state index in [1.807, 2.05) is 41.0 Å². The lowest BCUT2D eigenvalue weighted by Gasteiger charge is -2.26. The highest BCUT2D eigenvalue weighted by atomic mass is 16.5. The quantitative estimate of drug-likeness (QED) is 0.848. The van der Waals surface area contributed by atoms with Crippen molar-refractivity contribution in [2.24, 2.45) is 7.05 Å². The lowest BCUT2D eigenvalue weighted by atomic mass is 9.98. The van der Waals surface area contributed by atoms with Crippen molar-refractivity contribution in [1.82, 2.24) is 14.7 Å². The van der Waals surface area contributed by atoms with Crippen LogP contribution in [0.25, 0.3) is 0 Å². The summed E-state index contributed by atoms with van der Waals surface area (Å²) in [7, 11) is 1.92. The second-order valence-electron chi connectivity index (χ2n) is 6.48. The predicted octanol–water partition coefficient (Wildman–Crippen LogP) is 2.90. The standard InChI is InChI=1S/C19H25N3O2/c1-4-14(2)16-7-5-6-8-18(16)24-13-19(23)22-10-9-17-15(12-22)11-21(3)20-17/h5-8,11,14H,4,9-10,12-13H2,1-3H3. The van der Waals surface area contributed by atoms with Crippen molar-refractivity contribution in [2.75, 3.05) is 13.2 Å². The molecule has 0 spiro atoms. The van der Waals surface area contributed by atoms with E-state index < -0.39 is 0 Å². The zero-order valence-electron chi connectivity index (χ0n) is 14.7. The Morgan fingerprint density at radius 1 is 1.38 bits per heavy atom. The van der Waals surface area contributed by atoms with Gasteiger partial charge in [0.1, 0.15) is 5.75 Å². The molecule has 24 heavy (non-hydrogen) atoms. The van der Waals surface area contributed by atoms with Gasteiger partial charge in [-0.1, -0.05) is 32.0 Å². The summed E-state index contributed by atoms with van der Waals surface area (Å²) < 4.78 is 7.67. The molecule has 1 amide bonds. The van der Waals surface area contributed by atoms with Crippen molar-refractivity contribution in [2.45, 2.75) is 39.2 Å². The maximum absolute atomic E-state index is 12.5. The second kappa shape index (κ2) is 7.07. The van der Waals surface area contributed by atoms with Crippen LogP contribution < -0.4 is 4.74 Å². The van der Waals surface area contributed by atoms with Crippen molar-refractivity contribution in [3.63, 3.8) is 0 Å². The smallest absolute Gasteiger partial charge is 0.260 e. The number of para-hydroxylation sites is 1. The number of ether oxygens (including phenoxy) is 1. The number of carbonyl (C=O) groups is 1. The van der Waals surface area contributed by atoms with Crippen molar-refractivity contribution >= 4 is 5.91 Å². The van der Waals surface area contributed by atoms with Crippen LogP contribution in [0.5, 0.6) is 5.75 Å². The van der Waals surface area contributed by atoms with E-state index in [0.717, 1.165) is 29.8 Å². The largest absolute Gasteiger partial charge is 0.483 e. The Morgan fingerprint density at radius 3 is 2.96 bits per heavy atom. The monoisotopic (exact) mass is 327 g/mol. The topological polar surface area (TPSA) is 47.4 Å². The molecule has 2 aromatic rings. The van der Waals surface area contributed by atoms with Gasteiger partial charge in [-0.15, -0.1) is 0 Å². The average molecular weight is 327 g/mol. The average Bonchev–Trinajstić information content (AvgIpc) is 2.98. The van der Waals surface area contributed by atoms with Gasteiger partial charge in [0, 0.05) is 38.3 Å². The Morgan fingerprint density at radius 2 is 2.17 bits per heavy atom. The molecule has 0 aliphatic carbocycles. The molecule has 1 aromatic carbocycles. The summed E-state index contributed by atoms with van der Waals surface area (Å²) in [4.78, 5) is 14.4. The lowest BCUT2D eigenvalue weighted by Crippen LogP contribution is -2.38. The number of aromatic nitrogens is 2. The molecule has 1 unspecified atom stereocenters. The summed E-state index contributed by atoms with van der Waals surface area (Å²) in [6.45, 7) is 5.75. The van der Waals surface area contributed by atoms with Crippen LogP contribution in [-0.4, -0.2) is 33.7 Å². The Labute approximate surface area is 143 Å². The van der Waals surface area contributed by atoms with Crippen molar-refractivity contribution in [3.8, 4) is 5.75 Å². The van der Waals surface area contributed by atoms with Gasteiger partial charge in [0.15, 0.2) is 6.61 Å².